The molecule has 4 nitrogen and oxygen atoms in total. The van der Waals surface area contributed by atoms with Gasteiger partial charge in [-0.2, -0.15) is 18.3 Å². The summed E-state index contributed by atoms with van der Waals surface area (Å²) in [6.45, 7) is 1.36. The van der Waals surface area contributed by atoms with E-state index < -0.39 is 22.8 Å². The van der Waals surface area contributed by atoms with E-state index in [1.807, 2.05) is 0 Å². The summed E-state index contributed by atoms with van der Waals surface area (Å²) >= 11 is 17.2. The molecule has 0 atom stereocenters. The fourth-order valence-corrected chi connectivity index (χ4v) is 2.47. The number of rotatable bonds is 4. The fraction of sp³-hybridized carbons (Fsp3) is 0.286. The number of carbonyl (C=O) groups is 1. The first-order valence-electron chi connectivity index (χ1n) is 6.64. The minimum absolute atomic E-state index is 0.0468. The normalized spacial score (nSPS) is 11.6. The number of nitrogens with zero attached hydrogens (tertiary/aromatic N) is 2. The molecule has 0 aliphatic heterocycles. The first-order chi connectivity index (χ1) is 11.1. The Kier molecular flexibility index (Phi) is 5.67. The van der Waals surface area contributed by atoms with Crippen LogP contribution in [0.4, 0.5) is 18.9 Å². The predicted molar refractivity (Wildman–Crippen MR) is 86.7 cm³/mol. The van der Waals surface area contributed by atoms with Crippen LogP contribution in [0.2, 0.25) is 15.1 Å². The van der Waals surface area contributed by atoms with E-state index in [0.717, 1.165) is 4.68 Å². The molecular formula is C14H11Cl3F3N3O. The van der Waals surface area contributed by atoms with Crippen molar-refractivity contribution in [2.75, 3.05) is 5.32 Å². The average molecular weight is 401 g/mol. The van der Waals surface area contributed by atoms with Gasteiger partial charge in [0.25, 0.3) is 0 Å². The molecule has 2 aromatic rings. The highest BCUT2D eigenvalue weighted by molar-refractivity contribution is 6.42. The van der Waals surface area contributed by atoms with Crippen LogP contribution in [0, 0.1) is 6.92 Å². The Balaban J connectivity index is 2.03. The molecule has 10 heteroatoms. The number of benzene rings is 1. The van der Waals surface area contributed by atoms with E-state index in [9.17, 15) is 18.0 Å². The molecule has 24 heavy (non-hydrogen) atoms. The van der Waals surface area contributed by atoms with Crippen molar-refractivity contribution in [3.05, 3.63) is 44.7 Å². The molecule has 1 aromatic heterocycles. The lowest BCUT2D eigenvalue weighted by Crippen LogP contribution is -2.16. The topological polar surface area (TPSA) is 46.9 Å². The number of hydrogen-bond acceptors (Lipinski definition) is 2. The molecule has 1 aromatic carbocycles. The van der Waals surface area contributed by atoms with Crippen LogP contribution in [0.15, 0.2) is 18.2 Å². The van der Waals surface area contributed by atoms with Crippen molar-refractivity contribution in [1.29, 1.82) is 0 Å². The molecule has 1 N–H and O–H groups in total. The lowest BCUT2D eigenvalue weighted by atomic mass is 10.3. The van der Waals surface area contributed by atoms with Gasteiger partial charge in [0.15, 0.2) is 5.69 Å². The van der Waals surface area contributed by atoms with Gasteiger partial charge in [0.2, 0.25) is 5.91 Å². The van der Waals surface area contributed by atoms with Gasteiger partial charge in [0.05, 0.1) is 27.3 Å². The van der Waals surface area contributed by atoms with Crippen LogP contribution in [0.3, 0.4) is 0 Å². The zero-order chi connectivity index (χ0) is 18.1. The summed E-state index contributed by atoms with van der Waals surface area (Å²) in [5.74, 6) is -0.409. The molecule has 0 bridgehead atoms. The van der Waals surface area contributed by atoms with Crippen LogP contribution in [-0.4, -0.2) is 15.7 Å². The van der Waals surface area contributed by atoms with Crippen molar-refractivity contribution >= 4 is 46.4 Å². The maximum absolute atomic E-state index is 12.7. The summed E-state index contributed by atoms with van der Waals surface area (Å²) in [4.78, 5) is 11.9. The molecule has 130 valence electrons. The van der Waals surface area contributed by atoms with Gasteiger partial charge in [-0.05, 0) is 25.1 Å². The van der Waals surface area contributed by atoms with Crippen LogP contribution in [0.5, 0.6) is 0 Å². The van der Waals surface area contributed by atoms with Gasteiger partial charge in [-0.25, -0.2) is 0 Å². The Morgan fingerprint density at radius 1 is 1.25 bits per heavy atom. The van der Waals surface area contributed by atoms with Gasteiger partial charge >= 0.3 is 6.18 Å². The molecule has 0 unspecified atom stereocenters. The van der Waals surface area contributed by atoms with E-state index >= 15 is 0 Å². The van der Waals surface area contributed by atoms with Crippen LogP contribution in [-0.2, 0) is 17.5 Å². The molecule has 0 aliphatic rings. The largest absolute Gasteiger partial charge is 0.436 e. The molecule has 1 heterocycles. The highest BCUT2D eigenvalue weighted by Crippen LogP contribution is 2.35. The van der Waals surface area contributed by atoms with Crippen LogP contribution < -0.4 is 5.32 Å². The van der Waals surface area contributed by atoms with Crippen molar-refractivity contribution in [3.8, 4) is 0 Å². The summed E-state index contributed by atoms with van der Waals surface area (Å²) in [5.41, 5.74) is -0.585. The number of nitrogens with one attached hydrogen (secondary N) is 1. The maximum Gasteiger partial charge on any atom is 0.436 e. The molecular weight excluding hydrogens is 390 g/mol. The van der Waals surface area contributed by atoms with Gasteiger partial charge in [0.1, 0.15) is 0 Å². The van der Waals surface area contributed by atoms with Crippen LogP contribution in [0.25, 0.3) is 0 Å². The number of hydrogen-bond donors (Lipinski definition) is 1. The molecule has 0 radical (unpaired) electrons. The number of halogens is 6. The highest BCUT2D eigenvalue weighted by atomic mass is 35.5. The van der Waals surface area contributed by atoms with E-state index in [1.54, 1.807) is 6.07 Å². The van der Waals surface area contributed by atoms with E-state index in [-0.39, 0.29) is 23.7 Å². The van der Waals surface area contributed by atoms with Crippen molar-refractivity contribution in [2.45, 2.75) is 26.1 Å². The second-order valence-electron chi connectivity index (χ2n) is 4.90. The first-order valence-corrected chi connectivity index (χ1v) is 7.78. The fourth-order valence-electron chi connectivity index (χ4n) is 1.93. The Morgan fingerprint density at radius 2 is 1.92 bits per heavy atom. The van der Waals surface area contributed by atoms with Crippen molar-refractivity contribution in [1.82, 2.24) is 9.78 Å². The van der Waals surface area contributed by atoms with Gasteiger partial charge < -0.3 is 5.32 Å². The summed E-state index contributed by atoms with van der Waals surface area (Å²) < 4.78 is 39.3. The number of amides is 1. The molecule has 0 saturated carbocycles. The van der Waals surface area contributed by atoms with Gasteiger partial charge in [-0.3, -0.25) is 9.48 Å². The monoisotopic (exact) mass is 399 g/mol. The maximum atomic E-state index is 12.7. The molecule has 0 fully saturated rings. The second-order valence-corrected chi connectivity index (χ2v) is 6.09. The summed E-state index contributed by atoms with van der Waals surface area (Å²) in [6, 6.07) is 4.55. The van der Waals surface area contributed by atoms with E-state index in [1.165, 1.54) is 19.1 Å². The Hall–Kier alpha value is -1.44. The number of anilines is 1. The minimum atomic E-state index is -4.64. The quantitative estimate of drug-likeness (QED) is 0.767. The number of carbonyl (C=O) groups excluding carboxylic acids is 1. The van der Waals surface area contributed by atoms with Crippen molar-refractivity contribution < 1.29 is 18.0 Å². The zero-order valence-corrected chi connectivity index (χ0v) is 14.5. The van der Waals surface area contributed by atoms with Crippen molar-refractivity contribution in [2.24, 2.45) is 0 Å². The molecule has 0 saturated heterocycles. The number of aryl methyl sites for hydroxylation is 1. The first kappa shape index (κ1) is 18.9. The minimum Gasteiger partial charge on any atom is -0.326 e. The van der Waals surface area contributed by atoms with Crippen molar-refractivity contribution in [3.63, 3.8) is 0 Å². The Bertz CT molecular complexity index is 775. The second kappa shape index (κ2) is 7.21. The van der Waals surface area contributed by atoms with E-state index in [0.29, 0.717) is 10.7 Å². The van der Waals surface area contributed by atoms with E-state index in [4.69, 9.17) is 34.8 Å². The third-order valence-electron chi connectivity index (χ3n) is 3.16. The molecule has 0 spiro atoms. The number of aromatic nitrogens is 2. The smallest absolute Gasteiger partial charge is 0.326 e. The highest BCUT2D eigenvalue weighted by Gasteiger charge is 2.38. The van der Waals surface area contributed by atoms with Crippen LogP contribution in [0.1, 0.15) is 17.8 Å². The lowest BCUT2D eigenvalue weighted by molar-refractivity contribution is -0.141. The SMILES string of the molecule is Cc1c(Cl)c(C(F)(F)F)nn1CCC(=O)Nc1ccc(Cl)c(Cl)c1. The van der Waals surface area contributed by atoms with Gasteiger partial charge in [0, 0.05) is 12.1 Å². The molecule has 1 amide bonds. The number of alkyl halides is 3. The molecule has 0 aliphatic carbocycles. The summed E-state index contributed by atoms with van der Waals surface area (Å²) in [7, 11) is 0. The Morgan fingerprint density at radius 3 is 2.46 bits per heavy atom. The summed E-state index contributed by atoms with van der Waals surface area (Å²) in [6.07, 6.45) is -4.73. The Labute approximate surface area is 150 Å². The third-order valence-corrected chi connectivity index (χ3v) is 4.35. The van der Waals surface area contributed by atoms with E-state index in [2.05, 4.69) is 10.4 Å². The lowest BCUT2D eigenvalue weighted by Gasteiger charge is -2.07. The predicted octanol–water partition coefficient (Wildman–Crippen LogP) is 5.20. The standard InChI is InChI=1S/C14H11Cl3F3N3O/c1-7-12(17)13(14(18,19)20)22-23(7)5-4-11(24)21-8-2-3-9(15)10(16)6-8/h2-3,6H,4-5H2,1H3,(H,21,24). The average Bonchev–Trinajstić information content (AvgIpc) is 2.77. The molecule has 2 rings (SSSR count). The third kappa shape index (κ3) is 4.34. The zero-order valence-electron chi connectivity index (χ0n) is 12.2. The van der Waals surface area contributed by atoms with Crippen LogP contribution >= 0.6 is 34.8 Å². The van der Waals surface area contributed by atoms with Gasteiger partial charge in [-0.15, -0.1) is 0 Å². The summed E-state index contributed by atoms with van der Waals surface area (Å²) in [5, 5.41) is 6.15. The van der Waals surface area contributed by atoms with Gasteiger partial charge in [-0.1, -0.05) is 34.8 Å².